The van der Waals surface area contributed by atoms with E-state index < -0.39 is 0 Å². The molecule has 0 aromatic heterocycles. The van der Waals surface area contributed by atoms with Gasteiger partial charge in [-0.25, -0.2) is 0 Å². The molecule has 0 fully saturated rings. The molecule has 13 heavy (non-hydrogen) atoms. The smallest absolute Gasteiger partial charge is 0.209 e. The van der Waals surface area contributed by atoms with Gasteiger partial charge < -0.3 is 4.90 Å². The van der Waals surface area contributed by atoms with E-state index in [1.165, 1.54) is 11.1 Å². The SMILES string of the molecule is Cc1ccc(C(C)N(C)C=O)cc1. The largest absolute Gasteiger partial charge is 0.342 e. The van der Waals surface area contributed by atoms with E-state index in [4.69, 9.17) is 0 Å². The number of nitrogens with zero attached hydrogens (tertiary/aromatic N) is 1. The van der Waals surface area contributed by atoms with Crippen molar-refractivity contribution in [2.75, 3.05) is 7.05 Å². The molecule has 0 aliphatic carbocycles. The third-order valence-corrected chi connectivity index (χ3v) is 2.34. The third kappa shape index (κ3) is 2.31. The van der Waals surface area contributed by atoms with Crippen LogP contribution < -0.4 is 0 Å². The van der Waals surface area contributed by atoms with Gasteiger partial charge >= 0.3 is 0 Å². The summed E-state index contributed by atoms with van der Waals surface area (Å²) >= 11 is 0. The summed E-state index contributed by atoms with van der Waals surface area (Å²) in [5.74, 6) is 0. The Balaban J connectivity index is 2.82. The Morgan fingerprint density at radius 2 is 1.85 bits per heavy atom. The van der Waals surface area contributed by atoms with Crippen LogP contribution in [0.4, 0.5) is 0 Å². The molecule has 0 N–H and O–H groups in total. The lowest BCUT2D eigenvalue weighted by molar-refractivity contribution is -0.118. The van der Waals surface area contributed by atoms with Crippen molar-refractivity contribution in [1.29, 1.82) is 0 Å². The first-order chi connectivity index (χ1) is 6.15. The van der Waals surface area contributed by atoms with Crippen molar-refractivity contribution < 1.29 is 4.79 Å². The van der Waals surface area contributed by atoms with Crippen LogP contribution >= 0.6 is 0 Å². The Labute approximate surface area is 79.2 Å². The van der Waals surface area contributed by atoms with Crippen LogP contribution in [0.3, 0.4) is 0 Å². The number of benzene rings is 1. The van der Waals surface area contributed by atoms with Crippen LogP contribution in [0.1, 0.15) is 24.1 Å². The van der Waals surface area contributed by atoms with E-state index in [-0.39, 0.29) is 6.04 Å². The van der Waals surface area contributed by atoms with Gasteiger partial charge in [-0.05, 0) is 19.4 Å². The minimum Gasteiger partial charge on any atom is -0.342 e. The quantitative estimate of drug-likeness (QED) is 0.648. The number of hydrogen-bond acceptors (Lipinski definition) is 1. The van der Waals surface area contributed by atoms with Gasteiger partial charge in [0.1, 0.15) is 0 Å². The van der Waals surface area contributed by atoms with Crippen LogP contribution in [0.2, 0.25) is 0 Å². The number of aryl methyl sites for hydroxylation is 1. The lowest BCUT2D eigenvalue weighted by atomic mass is 10.1. The molecule has 2 heteroatoms. The molecule has 1 atom stereocenters. The van der Waals surface area contributed by atoms with Gasteiger partial charge in [-0.3, -0.25) is 4.79 Å². The summed E-state index contributed by atoms with van der Waals surface area (Å²) in [6, 6.07) is 8.38. The lowest BCUT2D eigenvalue weighted by Gasteiger charge is -2.20. The Morgan fingerprint density at radius 3 is 2.31 bits per heavy atom. The van der Waals surface area contributed by atoms with Crippen molar-refractivity contribution in [2.24, 2.45) is 0 Å². The van der Waals surface area contributed by atoms with Crippen LogP contribution in [0.5, 0.6) is 0 Å². The zero-order chi connectivity index (χ0) is 9.84. The highest BCUT2D eigenvalue weighted by Crippen LogP contribution is 2.17. The highest BCUT2D eigenvalue weighted by atomic mass is 16.1. The summed E-state index contributed by atoms with van der Waals surface area (Å²) in [6.45, 7) is 4.07. The molecular formula is C11H15NO. The van der Waals surface area contributed by atoms with Crippen molar-refractivity contribution in [3.63, 3.8) is 0 Å². The fraction of sp³-hybridized carbons (Fsp3) is 0.364. The predicted octanol–water partition coefficient (Wildman–Crippen LogP) is 2.14. The van der Waals surface area contributed by atoms with Gasteiger partial charge in [0.2, 0.25) is 6.41 Å². The van der Waals surface area contributed by atoms with Crippen molar-refractivity contribution >= 4 is 6.41 Å². The maximum atomic E-state index is 10.5. The van der Waals surface area contributed by atoms with Crippen LogP contribution in [0, 0.1) is 6.92 Å². The molecular weight excluding hydrogens is 162 g/mol. The molecule has 0 aliphatic rings. The van der Waals surface area contributed by atoms with E-state index in [0.717, 1.165) is 6.41 Å². The highest BCUT2D eigenvalue weighted by molar-refractivity contribution is 5.48. The zero-order valence-corrected chi connectivity index (χ0v) is 8.32. The average Bonchev–Trinajstić information content (AvgIpc) is 2.17. The highest BCUT2D eigenvalue weighted by Gasteiger charge is 2.08. The minimum absolute atomic E-state index is 0.151. The van der Waals surface area contributed by atoms with Gasteiger partial charge in [-0.2, -0.15) is 0 Å². The first-order valence-electron chi connectivity index (χ1n) is 4.39. The standard InChI is InChI=1S/C11H15NO/c1-9-4-6-11(7-5-9)10(2)12(3)8-13/h4-8,10H,1-3H3. The van der Waals surface area contributed by atoms with Crippen molar-refractivity contribution in [2.45, 2.75) is 19.9 Å². The van der Waals surface area contributed by atoms with E-state index in [1.807, 2.05) is 6.92 Å². The number of carbonyl (C=O) groups is 1. The maximum absolute atomic E-state index is 10.5. The molecule has 1 amide bonds. The van der Waals surface area contributed by atoms with Crippen LogP contribution in [0.25, 0.3) is 0 Å². The second-order valence-corrected chi connectivity index (χ2v) is 3.36. The lowest BCUT2D eigenvalue weighted by Crippen LogP contribution is -2.20. The molecule has 0 spiro atoms. The molecule has 2 nitrogen and oxygen atoms in total. The van der Waals surface area contributed by atoms with E-state index in [0.29, 0.717) is 0 Å². The summed E-state index contributed by atoms with van der Waals surface area (Å²) in [6.07, 6.45) is 0.852. The molecule has 70 valence electrons. The van der Waals surface area contributed by atoms with Crippen molar-refractivity contribution in [3.05, 3.63) is 35.4 Å². The summed E-state index contributed by atoms with van der Waals surface area (Å²) < 4.78 is 0. The number of rotatable bonds is 3. The van der Waals surface area contributed by atoms with Gasteiger partial charge in [-0.1, -0.05) is 29.8 Å². The van der Waals surface area contributed by atoms with Gasteiger partial charge in [0.15, 0.2) is 0 Å². The van der Waals surface area contributed by atoms with Crippen molar-refractivity contribution in [1.82, 2.24) is 4.90 Å². The minimum atomic E-state index is 0.151. The van der Waals surface area contributed by atoms with E-state index >= 15 is 0 Å². The van der Waals surface area contributed by atoms with Crippen LogP contribution in [-0.4, -0.2) is 18.4 Å². The molecule has 0 bridgehead atoms. The fourth-order valence-corrected chi connectivity index (χ4v) is 1.17. The van der Waals surface area contributed by atoms with E-state index in [1.54, 1.807) is 11.9 Å². The second kappa shape index (κ2) is 4.08. The predicted molar refractivity (Wildman–Crippen MR) is 53.4 cm³/mol. The first-order valence-corrected chi connectivity index (χ1v) is 4.39. The summed E-state index contributed by atoms with van der Waals surface area (Å²) in [4.78, 5) is 12.2. The van der Waals surface area contributed by atoms with Gasteiger partial charge in [-0.15, -0.1) is 0 Å². The number of carbonyl (C=O) groups excluding carboxylic acids is 1. The Hall–Kier alpha value is -1.31. The Kier molecular flexibility index (Phi) is 3.07. The number of hydrogen-bond donors (Lipinski definition) is 0. The summed E-state index contributed by atoms with van der Waals surface area (Å²) in [5.41, 5.74) is 2.41. The third-order valence-electron chi connectivity index (χ3n) is 2.34. The van der Waals surface area contributed by atoms with E-state index in [2.05, 4.69) is 31.2 Å². The molecule has 0 heterocycles. The van der Waals surface area contributed by atoms with Gasteiger partial charge in [0.25, 0.3) is 0 Å². The Bertz CT molecular complexity index is 279. The topological polar surface area (TPSA) is 20.3 Å². The Morgan fingerprint density at radius 1 is 1.31 bits per heavy atom. The molecule has 0 aliphatic heterocycles. The maximum Gasteiger partial charge on any atom is 0.209 e. The molecule has 1 rings (SSSR count). The first kappa shape index (κ1) is 9.78. The van der Waals surface area contributed by atoms with Crippen LogP contribution in [0.15, 0.2) is 24.3 Å². The fourth-order valence-electron chi connectivity index (χ4n) is 1.17. The average molecular weight is 177 g/mol. The molecule has 0 saturated carbocycles. The molecule has 0 saturated heterocycles. The summed E-state index contributed by atoms with van der Waals surface area (Å²) in [5, 5.41) is 0. The van der Waals surface area contributed by atoms with Gasteiger partial charge in [0, 0.05) is 7.05 Å². The molecule has 1 aromatic carbocycles. The second-order valence-electron chi connectivity index (χ2n) is 3.36. The molecule has 1 unspecified atom stereocenters. The normalized spacial score (nSPS) is 12.2. The number of amides is 1. The van der Waals surface area contributed by atoms with Gasteiger partial charge in [0.05, 0.1) is 6.04 Å². The monoisotopic (exact) mass is 177 g/mol. The molecule has 1 aromatic rings. The molecule has 0 radical (unpaired) electrons. The van der Waals surface area contributed by atoms with Crippen molar-refractivity contribution in [3.8, 4) is 0 Å². The summed E-state index contributed by atoms with van der Waals surface area (Å²) in [7, 11) is 1.79. The van der Waals surface area contributed by atoms with E-state index in [9.17, 15) is 4.79 Å². The zero-order valence-electron chi connectivity index (χ0n) is 8.32. The van der Waals surface area contributed by atoms with Crippen LogP contribution in [-0.2, 0) is 4.79 Å².